The quantitative estimate of drug-likeness (QED) is 0.489. The van der Waals surface area contributed by atoms with Gasteiger partial charge < -0.3 is 9.05 Å². The molecule has 3 rings (SSSR count). The predicted octanol–water partition coefficient (Wildman–Crippen LogP) is 6.60. The Morgan fingerprint density at radius 2 is 1.11 bits per heavy atom. The van der Waals surface area contributed by atoms with Crippen molar-refractivity contribution in [2.45, 2.75) is 27.7 Å². The van der Waals surface area contributed by atoms with Crippen molar-refractivity contribution < 1.29 is 13.6 Å². The first-order valence-corrected chi connectivity index (χ1v) is 10.4. The standard InChI is InChI=1S/C22H24NO3P/c1-16-6-11-20(12-7-16)25-27(24,26-21-13-8-17(2)9-14-21)23-22-15-18(3)5-10-19(22)4/h5-15H,1-4H3,(H,23,24). The molecule has 3 aromatic rings. The van der Waals surface area contributed by atoms with Gasteiger partial charge in [-0.3, -0.25) is 5.09 Å². The monoisotopic (exact) mass is 381 g/mol. The lowest BCUT2D eigenvalue weighted by Gasteiger charge is -2.22. The number of rotatable bonds is 6. The Labute approximate surface area is 160 Å². The highest BCUT2D eigenvalue weighted by Gasteiger charge is 2.29. The van der Waals surface area contributed by atoms with Crippen LogP contribution in [-0.2, 0) is 4.57 Å². The molecule has 0 saturated carbocycles. The average Bonchev–Trinajstić information content (AvgIpc) is 2.62. The van der Waals surface area contributed by atoms with E-state index >= 15 is 0 Å². The fourth-order valence-corrected chi connectivity index (χ4v) is 4.01. The molecule has 3 aromatic carbocycles. The molecule has 0 aliphatic heterocycles. The molecule has 0 bridgehead atoms. The highest BCUT2D eigenvalue weighted by atomic mass is 31.2. The van der Waals surface area contributed by atoms with Crippen LogP contribution in [0.15, 0.2) is 66.7 Å². The molecule has 0 spiro atoms. The number of benzene rings is 3. The van der Waals surface area contributed by atoms with Crippen molar-refractivity contribution in [3.8, 4) is 11.5 Å². The molecule has 0 fully saturated rings. The zero-order chi connectivity index (χ0) is 19.4. The molecule has 140 valence electrons. The molecule has 5 heteroatoms. The summed E-state index contributed by atoms with van der Waals surface area (Å²) in [5, 5.41) is 3.00. The molecule has 1 N–H and O–H groups in total. The average molecular weight is 381 g/mol. The van der Waals surface area contributed by atoms with Gasteiger partial charge in [0.1, 0.15) is 11.5 Å². The van der Waals surface area contributed by atoms with Gasteiger partial charge in [0.05, 0.1) is 0 Å². The molecule has 0 unspecified atom stereocenters. The molecule has 0 amide bonds. The first-order valence-electron chi connectivity index (χ1n) is 8.81. The van der Waals surface area contributed by atoms with Crippen LogP contribution < -0.4 is 14.1 Å². The van der Waals surface area contributed by atoms with Gasteiger partial charge >= 0.3 is 7.75 Å². The normalized spacial score (nSPS) is 11.1. The van der Waals surface area contributed by atoms with Crippen LogP contribution in [0.3, 0.4) is 0 Å². The fourth-order valence-electron chi connectivity index (χ4n) is 2.54. The number of nitrogens with one attached hydrogen (secondary N) is 1. The first-order chi connectivity index (χ1) is 12.8. The van der Waals surface area contributed by atoms with Gasteiger partial charge in [0, 0.05) is 5.69 Å². The Morgan fingerprint density at radius 1 is 0.667 bits per heavy atom. The molecule has 0 heterocycles. The molecule has 0 saturated heterocycles. The molecule has 0 aliphatic carbocycles. The van der Waals surface area contributed by atoms with Crippen LogP contribution in [0.2, 0.25) is 0 Å². The molecule has 4 nitrogen and oxygen atoms in total. The maximum absolute atomic E-state index is 13.6. The number of anilines is 1. The van der Waals surface area contributed by atoms with Crippen molar-refractivity contribution in [3.63, 3.8) is 0 Å². The summed E-state index contributed by atoms with van der Waals surface area (Å²) < 4.78 is 25.2. The van der Waals surface area contributed by atoms with E-state index in [4.69, 9.17) is 9.05 Å². The minimum Gasteiger partial charge on any atom is -0.400 e. The Kier molecular flexibility index (Phi) is 5.57. The van der Waals surface area contributed by atoms with Crippen LogP contribution in [0, 0.1) is 27.7 Å². The third kappa shape index (κ3) is 5.15. The van der Waals surface area contributed by atoms with Crippen LogP contribution in [-0.4, -0.2) is 0 Å². The third-order valence-corrected chi connectivity index (χ3v) is 5.56. The molecular formula is C22H24NO3P. The lowest BCUT2D eigenvalue weighted by molar-refractivity contribution is 0.392. The Balaban J connectivity index is 1.93. The van der Waals surface area contributed by atoms with E-state index in [0.29, 0.717) is 11.5 Å². The summed E-state index contributed by atoms with van der Waals surface area (Å²) in [5.41, 5.74) is 4.93. The van der Waals surface area contributed by atoms with Gasteiger partial charge in [-0.2, -0.15) is 0 Å². The summed E-state index contributed by atoms with van der Waals surface area (Å²) >= 11 is 0. The summed E-state index contributed by atoms with van der Waals surface area (Å²) in [5.74, 6) is 0.961. The maximum Gasteiger partial charge on any atom is 0.541 e. The topological polar surface area (TPSA) is 47.6 Å². The van der Waals surface area contributed by atoms with Gasteiger partial charge in [0.15, 0.2) is 0 Å². The van der Waals surface area contributed by atoms with E-state index in [1.165, 1.54) is 0 Å². The van der Waals surface area contributed by atoms with E-state index in [1.54, 1.807) is 24.3 Å². The van der Waals surface area contributed by atoms with Crippen molar-refractivity contribution in [1.82, 2.24) is 0 Å². The zero-order valence-electron chi connectivity index (χ0n) is 16.0. The molecule has 0 aliphatic rings. The molecule has 0 atom stereocenters. The van der Waals surface area contributed by atoms with E-state index in [-0.39, 0.29) is 0 Å². The van der Waals surface area contributed by atoms with Crippen LogP contribution in [0.25, 0.3) is 0 Å². The summed E-state index contributed by atoms with van der Waals surface area (Å²) in [6.07, 6.45) is 0. The second-order valence-corrected chi connectivity index (χ2v) is 8.32. The second kappa shape index (κ2) is 7.89. The smallest absolute Gasteiger partial charge is 0.400 e. The van der Waals surface area contributed by atoms with Crippen molar-refractivity contribution in [1.29, 1.82) is 0 Å². The van der Waals surface area contributed by atoms with Crippen molar-refractivity contribution in [2.75, 3.05) is 5.09 Å². The van der Waals surface area contributed by atoms with Gasteiger partial charge in [-0.15, -0.1) is 0 Å². The highest BCUT2D eigenvalue weighted by molar-refractivity contribution is 7.56. The van der Waals surface area contributed by atoms with Crippen LogP contribution in [0.1, 0.15) is 22.3 Å². The van der Waals surface area contributed by atoms with Crippen molar-refractivity contribution >= 4 is 13.4 Å². The fraction of sp³-hybridized carbons (Fsp3) is 0.182. The summed E-state index contributed by atoms with van der Waals surface area (Å²) in [6.45, 7) is 7.90. The molecule has 0 aromatic heterocycles. The SMILES string of the molecule is Cc1ccc(OP(=O)(Nc2cc(C)ccc2C)Oc2ccc(C)cc2)cc1. The minimum atomic E-state index is -3.71. The maximum atomic E-state index is 13.6. The van der Waals surface area contributed by atoms with Crippen LogP contribution >= 0.6 is 7.75 Å². The largest absolute Gasteiger partial charge is 0.541 e. The molecule has 27 heavy (non-hydrogen) atoms. The lowest BCUT2D eigenvalue weighted by atomic mass is 10.1. The highest BCUT2D eigenvalue weighted by Crippen LogP contribution is 2.49. The number of aryl methyl sites for hydroxylation is 4. The number of hydrogen-bond acceptors (Lipinski definition) is 3. The molecule has 0 radical (unpaired) electrons. The number of hydrogen-bond donors (Lipinski definition) is 1. The predicted molar refractivity (Wildman–Crippen MR) is 111 cm³/mol. The summed E-state index contributed by atoms with van der Waals surface area (Å²) in [7, 11) is -3.71. The minimum absolute atomic E-state index is 0.480. The van der Waals surface area contributed by atoms with Gasteiger partial charge in [-0.1, -0.05) is 47.5 Å². The van der Waals surface area contributed by atoms with Gasteiger partial charge in [-0.25, -0.2) is 4.57 Å². The van der Waals surface area contributed by atoms with Gasteiger partial charge in [0.25, 0.3) is 0 Å². The van der Waals surface area contributed by atoms with Crippen molar-refractivity contribution in [2.24, 2.45) is 0 Å². The van der Waals surface area contributed by atoms with Gasteiger partial charge in [0.2, 0.25) is 0 Å². The summed E-state index contributed by atoms with van der Waals surface area (Å²) in [4.78, 5) is 0. The first kappa shape index (κ1) is 19.1. The second-order valence-electron chi connectivity index (χ2n) is 6.74. The summed E-state index contributed by atoms with van der Waals surface area (Å²) in [6, 6.07) is 20.7. The Bertz CT molecular complexity index is 914. The van der Waals surface area contributed by atoms with E-state index in [0.717, 1.165) is 27.9 Å². The molecular weight excluding hydrogens is 357 g/mol. The Hall–Kier alpha value is -2.71. The Morgan fingerprint density at radius 3 is 1.59 bits per heavy atom. The van der Waals surface area contributed by atoms with Crippen molar-refractivity contribution in [3.05, 3.63) is 89.0 Å². The zero-order valence-corrected chi connectivity index (χ0v) is 16.9. The van der Waals surface area contributed by atoms with Crippen LogP contribution in [0.5, 0.6) is 11.5 Å². The van der Waals surface area contributed by atoms with E-state index in [9.17, 15) is 4.57 Å². The third-order valence-electron chi connectivity index (χ3n) is 4.14. The lowest BCUT2D eigenvalue weighted by Crippen LogP contribution is -2.10. The van der Waals surface area contributed by atoms with Gasteiger partial charge in [-0.05, 0) is 69.2 Å². The van der Waals surface area contributed by atoms with E-state index in [2.05, 4.69) is 5.09 Å². The van der Waals surface area contributed by atoms with Crippen LogP contribution in [0.4, 0.5) is 5.69 Å². The van der Waals surface area contributed by atoms with E-state index in [1.807, 2.05) is 70.2 Å². The van der Waals surface area contributed by atoms with E-state index < -0.39 is 7.75 Å².